The van der Waals surface area contributed by atoms with Gasteiger partial charge in [0, 0.05) is 36.5 Å². The van der Waals surface area contributed by atoms with Gasteiger partial charge < -0.3 is 19.5 Å². The highest BCUT2D eigenvalue weighted by Crippen LogP contribution is 2.32. The Bertz CT molecular complexity index is 1550. The second-order valence-corrected chi connectivity index (χ2v) is 11.3. The number of nitrogens with one attached hydrogen (secondary N) is 1. The van der Waals surface area contributed by atoms with Crippen molar-refractivity contribution in [3.05, 3.63) is 78.4 Å². The predicted octanol–water partition coefficient (Wildman–Crippen LogP) is 6.33. The minimum absolute atomic E-state index is 0.0134. The van der Waals surface area contributed by atoms with Crippen molar-refractivity contribution in [2.24, 2.45) is 0 Å². The van der Waals surface area contributed by atoms with Crippen molar-refractivity contribution in [2.75, 3.05) is 32.2 Å². The SMILES string of the molecule is CNc1ccc(-c2ccc3cc(OCCCOS(=O)(=O)c4cccc(C)c4OC4CCCCO4)ccc3n2)cc1. The summed E-state index contributed by atoms with van der Waals surface area (Å²) in [5.41, 5.74) is 4.57. The number of para-hydroxylation sites is 1. The molecule has 210 valence electrons. The van der Waals surface area contributed by atoms with Crippen molar-refractivity contribution in [3.63, 3.8) is 0 Å². The highest BCUT2D eigenvalue weighted by Gasteiger charge is 2.25. The number of pyridine rings is 1. The second kappa shape index (κ2) is 12.7. The summed E-state index contributed by atoms with van der Waals surface area (Å²) in [7, 11) is -2.13. The van der Waals surface area contributed by atoms with Gasteiger partial charge in [-0.05, 0) is 67.8 Å². The van der Waals surface area contributed by atoms with Crippen molar-refractivity contribution < 1.29 is 26.8 Å². The van der Waals surface area contributed by atoms with Gasteiger partial charge in [-0.25, -0.2) is 4.98 Å². The molecule has 1 aromatic heterocycles. The van der Waals surface area contributed by atoms with E-state index in [4.69, 9.17) is 23.4 Å². The van der Waals surface area contributed by atoms with Crippen molar-refractivity contribution >= 4 is 26.7 Å². The van der Waals surface area contributed by atoms with Crippen LogP contribution in [0.1, 0.15) is 31.2 Å². The molecule has 1 saturated heterocycles. The van der Waals surface area contributed by atoms with Gasteiger partial charge in [0.15, 0.2) is 6.29 Å². The monoisotopic (exact) mass is 562 g/mol. The number of ether oxygens (including phenoxy) is 3. The van der Waals surface area contributed by atoms with Crippen LogP contribution in [-0.4, -0.2) is 46.6 Å². The highest BCUT2D eigenvalue weighted by atomic mass is 32.2. The minimum Gasteiger partial charge on any atom is -0.493 e. The van der Waals surface area contributed by atoms with Crippen molar-refractivity contribution in [3.8, 4) is 22.8 Å². The first kappa shape index (κ1) is 27.9. The number of anilines is 1. The van der Waals surface area contributed by atoms with E-state index in [1.165, 1.54) is 6.07 Å². The molecule has 0 radical (unpaired) electrons. The topological polar surface area (TPSA) is 96.0 Å². The third-order valence-electron chi connectivity index (χ3n) is 6.76. The molecule has 0 saturated carbocycles. The van der Waals surface area contributed by atoms with Crippen molar-refractivity contribution in [2.45, 2.75) is 43.8 Å². The molecule has 2 heterocycles. The van der Waals surface area contributed by atoms with E-state index < -0.39 is 16.4 Å². The molecule has 0 aliphatic carbocycles. The van der Waals surface area contributed by atoms with Crippen LogP contribution in [0.25, 0.3) is 22.2 Å². The Morgan fingerprint density at radius 3 is 2.62 bits per heavy atom. The van der Waals surface area contributed by atoms with Crippen LogP contribution in [-0.2, 0) is 19.0 Å². The summed E-state index contributed by atoms with van der Waals surface area (Å²) in [6.07, 6.45) is 2.63. The largest absolute Gasteiger partial charge is 0.493 e. The van der Waals surface area contributed by atoms with Gasteiger partial charge in [0.1, 0.15) is 16.4 Å². The van der Waals surface area contributed by atoms with Crippen LogP contribution in [0.4, 0.5) is 5.69 Å². The van der Waals surface area contributed by atoms with Crippen LogP contribution < -0.4 is 14.8 Å². The van der Waals surface area contributed by atoms with Gasteiger partial charge in [0.2, 0.25) is 0 Å². The molecule has 8 nitrogen and oxygen atoms in total. The molecule has 1 unspecified atom stereocenters. The van der Waals surface area contributed by atoms with Crippen molar-refractivity contribution in [1.82, 2.24) is 4.98 Å². The first-order chi connectivity index (χ1) is 19.4. The van der Waals surface area contributed by atoms with Crippen LogP contribution in [0.3, 0.4) is 0 Å². The van der Waals surface area contributed by atoms with E-state index in [2.05, 4.69) is 5.32 Å². The molecular weight excluding hydrogens is 528 g/mol. The molecule has 1 N–H and O–H groups in total. The van der Waals surface area contributed by atoms with Gasteiger partial charge in [-0.3, -0.25) is 4.18 Å². The molecule has 1 atom stereocenters. The van der Waals surface area contributed by atoms with E-state index in [1.807, 2.05) is 74.6 Å². The van der Waals surface area contributed by atoms with E-state index in [0.717, 1.165) is 47.1 Å². The molecule has 3 aromatic carbocycles. The fourth-order valence-corrected chi connectivity index (χ4v) is 5.70. The normalized spacial score (nSPS) is 15.6. The van der Waals surface area contributed by atoms with E-state index >= 15 is 0 Å². The zero-order valence-electron chi connectivity index (χ0n) is 22.8. The number of nitrogens with zero attached hydrogens (tertiary/aromatic N) is 1. The molecule has 4 aromatic rings. The molecule has 5 rings (SSSR count). The van der Waals surface area contributed by atoms with Crippen LogP contribution in [0, 0.1) is 6.92 Å². The molecule has 9 heteroatoms. The lowest BCUT2D eigenvalue weighted by Crippen LogP contribution is -2.26. The number of aromatic nitrogens is 1. The molecule has 0 amide bonds. The van der Waals surface area contributed by atoms with E-state index in [9.17, 15) is 8.42 Å². The number of benzene rings is 3. The fraction of sp³-hybridized carbons (Fsp3) is 0.323. The minimum atomic E-state index is -4.02. The van der Waals surface area contributed by atoms with Crippen LogP contribution >= 0.6 is 0 Å². The maximum atomic E-state index is 13.0. The third-order valence-corrected chi connectivity index (χ3v) is 8.10. The molecule has 1 fully saturated rings. The average Bonchev–Trinajstić information content (AvgIpc) is 2.98. The smallest absolute Gasteiger partial charge is 0.300 e. The predicted molar refractivity (Wildman–Crippen MR) is 155 cm³/mol. The van der Waals surface area contributed by atoms with Crippen molar-refractivity contribution in [1.29, 1.82) is 0 Å². The Morgan fingerprint density at radius 2 is 1.85 bits per heavy atom. The van der Waals surface area contributed by atoms with Crippen LogP contribution in [0.5, 0.6) is 11.5 Å². The lowest BCUT2D eigenvalue weighted by molar-refractivity contribution is -0.107. The van der Waals surface area contributed by atoms with E-state index in [-0.39, 0.29) is 17.3 Å². The number of aryl methyl sites for hydroxylation is 1. The fourth-order valence-electron chi connectivity index (χ4n) is 4.55. The number of rotatable bonds is 11. The van der Waals surface area contributed by atoms with Gasteiger partial charge in [-0.2, -0.15) is 8.42 Å². The Hall–Kier alpha value is -3.66. The molecular formula is C31H34N2O6S. The summed E-state index contributed by atoms with van der Waals surface area (Å²) in [5, 5.41) is 4.08. The second-order valence-electron chi connectivity index (χ2n) is 9.67. The molecule has 1 aliphatic rings. The van der Waals surface area contributed by atoms with Gasteiger partial charge in [0.25, 0.3) is 0 Å². The van der Waals surface area contributed by atoms with Crippen LogP contribution in [0.15, 0.2) is 77.7 Å². The zero-order chi connectivity index (χ0) is 28.0. The Morgan fingerprint density at radius 1 is 1.00 bits per heavy atom. The Labute approximate surface area is 235 Å². The summed E-state index contributed by atoms with van der Waals surface area (Å²) < 4.78 is 48.8. The average molecular weight is 563 g/mol. The molecule has 40 heavy (non-hydrogen) atoms. The number of hydrogen-bond donors (Lipinski definition) is 1. The molecule has 0 spiro atoms. The number of hydrogen-bond acceptors (Lipinski definition) is 8. The number of fused-ring (bicyclic) bond motifs is 1. The highest BCUT2D eigenvalue weighted by molar-refractivity contribution is 7.86. The van der Waals surface area contributed by atoms with Crippen LogP contribution in [0.2, 0.25) is 0 Å². The molecule has 1 aliphatic heterocycles. The van der Waals surface area contributed by atoms with Gasteiger partial charge in [-0.15, -0.1) is 0 Å². The van der Waals surface area contributed by atoms with E-state index in [0.29, 0.717) is 30.9 Å². The van der Waals surface area contributed by atoms with Gasteiger partial charge in [-0.1, -0.05) is 30.3 Å². The third kappa shape index (κ3) is 6.72. The summed E-state index contributed by atoms with van der Waals surface area (Å²) in [4.78, 5) is 4.79. The van der Waals surface area contributed by atoms with E-state index in [1.54, 1.807) is 6.07 Å². The first-order valence-electron chi connectivity index (χ1n) is 13.5. The lowest BCUT2D eigenvalue weighted by Gasteiger charge is -2.25. The Kier molecular flexibility index (Phi) is 8.84. The zero-order valence-corrected chi connectivity index (χ0v) is 23.6. The summed E-state index contributed by atoms with van der Waals surface area (Å²) in [6.45, 7) is 2.71. The van der Waals surface area contributed by atoms with Gasteiger partial charge >= 0.3 is 10.1 Å². The first-order valence-corrected chi connectivity index (χ1v) is 14.9. The van der Waals surface area contributed by atoms with Gasteiger partial charge in [0.05, 0.1) is 31.0 Å². The maximum Gasteiger partial charge on any atom is 0.300 e. The summed E-state index contributed by atoms with van der Waals surface area (Å²) in [6, 6.07) is 22.8. The quantitative estimate of drug-likeness (QED) is 0.167. The summed E-state index contributed by atoms with van der Waals surface area (Å²) >= 11 is 0. The lowest BCUT2D eigenvalue weighted by atomic mass is 10.1. The Balaban J connectivity index is 1.15. The maximum absolute atomic E-state index is 13.0. The molecule has 0 bridgehead atoms. The standard InChI is InChI=1S/C31H34N2O6S/c1-22-7-5-8-29(31(22)39-30-9-3-4-18-37-30)40(34,35)38-20-6-19-36-26-15-17-28-24(21-26)12-16-27(33-28)23-10-13-25(32-2)14-11-23/h5,7-8,10-17,21,30,32H,3-4,6,9,18-20H2,1-2H3. The summed E-state index contributed by atoms with van der Waals surface area (Å²) in [5.74, 6) is 0.971.